The minimum atomic E-state index is -0.261. The molecule has 1 amide bonds. The van der Waals surface area contributed by atoms with Crippen LogP contribution in [0.1, 0.15) is 73.0 Å². The standard InChI is InChI=1S/C29H34N4O3/c1-6-8-21-13-19(5)32-28(34)24(21)16-30-29(35)26-15-22(20-9-11-23(12-10-20)36-7-2)14-25-27(18(3)4)31-17-33(25)26/h9-15,17-18H,6-8,16H2,1-5H3,(H,30,35)(H,32,34). The van der Waals surface area contributed by atoms with Crippen molar-refractivity contribution < 1.29 is 9.53 Å². The van der Waals surface area contributed by atoms with Crippen molar-refractivity contribution in [1.29, 1.82) is 0 Å². The number of fused-ring (bicyclic) bond motifs is 1. The number of carbonyl (C=O) groups excluding carboxylic acids is 1. The minimum absolute atomic E-state index is 0.156. The Bertz CT molecular complexity index is 1430. The van der Waals surface area contributed by atoms with Crippen LogP contribution < -0.4 is 15.6 Å². The van der Waals surface area contributed by atoms with E-state index < -0.39 is 0 Å². The molecule has 2 N–H and O–H groups in total. The lowest BCUT2D eigenvalue weighted by Crippen LogP contribution is -2.29. The second-order valence-electron chi connectivity index (χ2n) is 9.34. The largest absolute Gasteiger partial charge is 0.494 e. The molecule has 3 aromatic heterocycles. The van der Waals surface area contributed by atoms with E-state index in [0.717, 1.165) is 52.2 Å². The van der Waals surface area contributed by atoms with E-state index in [1.54, 1.807) is 6.33 Å². The average Bonchev–Trinajstić information content (AvgIpc) is 3.28. The number of ether oxygens (including phenoxy) is 1. The fourth-order valence-corrected chi connectivity index (χ4v) is 4.54. The van der Waals surface area contributed by atoms with Gasteiger partial charge in [-0.1, -0.05) is 39.3 Å². The molecule has 36 heavy (non-hydrogen) atoms. The van der Waals surface area contributed by atoms with Crippen LogP contribution in [-0.4, -0.2) is 26.9 Å². The van der Waals surface area contributed by atoms with E-state index in [1.807, 2.05) is 54.6 Å². The number of aromatic nitrogens is 3. The summed E-state index contributed by atoms with van der Waals surface area (Å²) < 4.78 is 7.41. The lowest BCUT2D eigenvalue weighted by atomic mass is 10.0. The third-order valence-corrected chi connectivity index (χ3v) is 6.26. The highest BCUT2D eigenvalue weighted by molar-refractivity contribution is 5.95. The first-order valence-electron chi connectivity index (χ1n) is 12.6. The van der Waals surface area contributed by atoms with Gasteiger partial charge >= 0.3 is 0 Å². The van der Waals surface area contributed by atoms with Gasteiger partial charge < -0.3 is 15.0 Å². The van der Waals surface area contributed by atoms with Gasteiger partial charge in [0.15, 0.2) is 0 Å². The van der Waals surface area contributed by atoms with E-state index in [4.69, 9.17) is 4.74 Å². The molecule has 0 spiro atoms. The number of amides is 1. The van der Waals surface area contributed by atoms with Gasteiger partial charge in [-0.25, -0.2) is 4.98 Å². The summed E-state index contributed by atoms with van der Waals surface area (Å²) in [5.74, 6) is 0.742. The predicted molar refractivity (Wildman–Crippen MR) is 143 cm³/mol. The number of benzene rings is 1. The van der Waals surface area contributed by atoms with E-state index in [1.165, 1.54) is 0 Å². The molecule has 3 heterocycles. The highest BCUT2D eigenvalue weighted by Gasteiger charge is 2.18. The zero-order valence-corrected chi connectivity index (χ0v) is 21.6. The van der Waals surface area contributed by atoms with Crippen LogP contribution in [0.15, 0.2) is 53.6 Å². The van der Waals surface area contributed by atoms with Gasteiger partial charge in [-0.2, -0.15) is 0 Å². The molecule has 0 unspecified atom stereocenters. The first-order chi connectivity index (χ1) is 17.3. The van der Waals surface area contributed by atoms with Crippen LogP contribution >= 0.6 is 0 Å². The fraction of sp³-hybridized carbons (Fsp3) is 0.345. The van der Waals surface area contributed by atoms with Crippen molar-refractivity contribution in [2.75, 3.05) is 6.61 Å². The zero-order valence-electron chi connectivity index (χ0n) is 21.6. The molecular weight excluding hydrogens is 452 g/mol. The average molecular weight is 487 g/mol. The molecule has 0 saturated carbocycles. The Labute approximate surface area is 211 Å². The number of rotatable bonds is 9. The summed E-state index contributed by atoms with van der Waals surface area (Å²) in [7, 11) is 0. The maximum Gasteiger partial charge on any atom is 0.268 e. The quantitative estimate of drug-likeness (QED) is 0.331. The second kappa shape index (κ2) is 10.8. The van der Waals surface area contributed by atoms with Crippen molar-refractivity contribution in [3.63, 3.8) is 0 Å². The van der Waals surface area contributed by atoms with Crippen molar-refractivity contribution in [2.24, 2.45) is 0 Å². The first-order valence-corrected chi connectivity index (χ1v) is 12.6. The Hall–Kier alpha value is -3.87. The molecule has 0 atom stereocenters. The first kappa shape index (κ1) is 25.2. The number of aromatic amines is 1. The molecule has 4 rings (SSSR count). The summed E-state index contributed by atoms with van der Waals surface area (Å²) in [4.78, 5) is 33.6. The van der Waals surface area contributed by atoms with E-state index in [-0.39, 0.29) is 23.9 Å². The van der Waals surface area contributed by atoms with Crippen LogP contribution in [0.5, 0.6) is 5.75 Å². The van der Waals surface area contributed by atoms with Gasteiger partial charge in [0.1, 0.15) is 17.8 Å². The van der Waals surface area contributed by atoms with Crippen molar-refractivity contribution in [3.05, 3.63) is 87.4 Å². The Kier molecular flexibility index (Phi) is 7.58. The molecular formula is C29H34N4O3. The van der Waals surface area contributed by atoms with Gasteiger partial charge in [-0.15, -0.1) is 0 Å². The summed E-state index contributed by atoms with van der Waals surface area (Å²) in [5.41, 5.74) is 6.42. The third kappa shape index (κ3) is 5.20. The summed E-state index contributed by atoms with van der Waals surface area (Å²) in [5, 5.41) is 2.98. The fourth-order valence-electron chi connectivity index (χ4n) is 4.54. The molecule has 0 bridgehead atoms. The molecule has 4 aromatic rings. The number of nitrogens with zero attached hydrogens (tertiary/aromatic N) is 2. The molecule has 0 saturated heterocycles. The Morgan fingerprint density at radius 2 is 1.86 bits per heavy atom. The highest BCUT2D eigenvalue weighted by Crippen LogP contribution is 2.29. The molecule has 0 aliphatic rings. The van der Waals surface area contributed by atoms with Gasteiger partial charge in [0.05, 0.1) is 17.8 Å². The predicted octanol–water partition coefficient (Wildman–Crippen LogP) is 5.40. The number of hydrogen-bond acceptors (Lipinski definition) is 4. The second-order valence-corrected chi connectivity index (χ2v) is 9.34. The molecule has 0 radical (unpaired) electrons. The topological polar surface area (TPSA) is 88.5 Å². The van der Waals surface area contributed by atoms with E-state index in [2.05, 4.69) is 42.1 Å². The van der Waals surface area contributed by atoms with Gasteiger partial charge in [0.2, 0.25) is 0 Å². The molecule has 0 aliphatic carbocycles. The minimum Gasteiger partial charge on any atom is -0.494 e. The van der Waals surface area contributed by atoms with Crippen molar-refractivity contribution >= 4 is 11.4 Å². The molecule has 1 aromatic carbocycles. The normalized spacial score (nSPS) is 11.3. The molecule has 188 valence electrons. The van der Waals surface area contributed by atoms with Crippen LogP contribution in [0, 0.1) is 6.92 Å². The lowest BCUT2D eigenvalue weighted by Gasteiger charge is -2.13. The summed E-state index contributed by atoms with van der Waals surface area (Å²) >= 11 is 0. The zero-order chi connectivity index (χ0) is 25.8. The number of imidazole rings is 1. The number of pyridine rings is 2. The number of hydrogen-bond donors (Lipinski definition) is 2. The Morgan fingerprint density at radius 1 is 1.11 bits per heavy atom. The molecule has 0 aliphatic heterocycles. The maximum atomic E-state index is 13.5. The SMILES string of the molecule is CCCc1cc(C)[nH]c(=O)c1CNC(=O)c1cc(-c2ccc(OCC)cc2)cc2c(C(C)C)ncn12. The van der Waals surface area contributed by atoms with E-state index in [0.29, 0.717) is 17.9 Å². The summed E-state index contributed by atoms with van der Waals surface area (Å²) in [6.45, 7) is 10.8. The van der Waals surface area contributed by atoms with Crippen LogP contribution in [0.4, 0.5) is 0 Å². The highest BCUT2D eigenvalue weighted by atomic mass is 16.5. The van der Waals surface area contributed by atoms with Gasteiger partial charge in [-0.05, 0) is 73.2 Å². The van der Waals surface area contributed by atoms with Crippen LogP contribution in [0.2, 0.25) is 0 Å². The van der Waals surface area contributed by atoms with Crippen LogP contribution in [0.25, 0.3) is 16.6 Å². The van der Waals surface area contributed by atoms with Gasteiger partial charge in [-0.3, -0.25) is 14.0 Å². The summed E-state index contributed by atoms with van der Waals surface area (Å²) in [6.07, 6.45) is 3.40. The van der Waals surface area contributed by atoms with Crippen molar-refractivity contribution in [3.8, 4) is 16.9 Å². The number of aryl methyl sites for hydroxylation is 2. The number of carbonyl (C=O) groups is 1. The maximum absolute atomic E-state index is 13.5. The van der Waals surface area contributed by atoms with Crippen molar-refractivity contribution in [2.45, 2.75) is 59.9 Å². The monoisotopic (exact) mass is 486 g/mol. The Morgan fingerprint density at radius 3 is 2.53 bits per heavy atom. The third-order valence-electron chi connectivity index (χ3n) is 6.26. The van der Waals surface area contributed by atoms with Crippen LogP contribution in [0.3, 0.4) is 0 Å². The summed E-state index contributed by atoms with van der Waals surface area (Å²) in [6, 6.07) is 13.8. The van der Waals surface area contributed by atoms with Gasteiger partial charge in [0.25, 0.3) is 11.5 Å². The van der Waals surface area contributed by atoms with E-state index in [9.17, 15) is 9.59 Å². The molecule has 7 heteroatoms. The van der Waals surface area contributed by atoms with E-state index >= 15 is 0 Å². The Balaban J connectivity index is 1.72. The molecule has 7 nitrogen and oxygen atoms in total. The lowest BCUT2D eigenvalue weighted by molar-refractivity contribution is 0.0944. The smallest absolute Gasteiger partial charge is 0.268 e. The van der Waals surface area contributed by atoms with Crippen LogP contribution in [-0.2, 0) is 13.0 Å². The molecule has 0 fully saturated rings. The van der Waals surface area contributed by atoms with Gasteiger partial charge in [0, 0.05) is 17.8 Å². The van der Waals surface area contributed by atoms with Crippen molar-refractivity contribution in [1.82, 2.24) is 19.7 Å². The number of nitrogens with one attached hydrogen (secondary N) is 2. The number of H-pyrrole nitrogens is 1.